The Hall–Kier alpha value is -0.860. The highest BCUT2D eigenvalue weighted by Gasteiger charge is 2.42. The van der Waals surface area contributed by atoms with E-state index in [1.165, 1.54) is 7.11 Å². The summed E-state index contributed by atoms with van der Waals surface area (Å²) in [5, 5.41) is 0. The van der Waals surface area contributed by atoms with E-state index in [9.17, 15) is 9.59 Å². The first-order valence-electron chi connectivity index (χ1n) is 4.69. The van der Waals surface area contributed by atoms with Crippen LogP contribution in [0.15, 0.2) is 0 Å². The van der Waals surface area contributed by atoms with Gasteiger partial charge in [0, 0.05) is 11.8 Å². The fourth-order valence-electron chi connectivity index (χ4n) is 1.70. The van der Waals surface area contributed by atoms with Crippen LogP contribution in [-0.2, 0) is 14.3 Å². The minimum atomic E-state index is -0.231. The predicted octanol–water partition coefficient (Wildman–Crippen LogP) is 1.41. The molecule has 13 heavy (non-hydrogen) atoms. The Morgan fingerprint density at radius 3 is 2.08 bits per heavy atom. The van der Waals surface area contributed by atoms with Gasteiger partial charge in [0.2, 0.25) is 0 Å². The van der Waals surface area contributed by atoms with Gasteiger partial charge in [0.1, 0.15) is 5.78 Å². The molecule has 3 nitrogen and oxygen atoms in total. The molecule has 0 heterocycles. The van der Waals surface area contributed by atoms with E-state index in [1.807, 2.05) is 13.8 Å². The Balaban J connectivity index is 2.54. The average molecular weight is 184 g/mol. The standard InChI is InChI=1S/C10H16O3/c1-6(2)9(11)7-4-5-8(7)10(12)13-3/h6-8H,4-5H2,1-3H3/t7-,8-/m1/s1. The van der Waals surface area contributed by atoms with Crippen LogP contribution < -0.4 is 0 Å². The lowest BCUT2D eigenvalue weighted by Gasteiger charge is -2.34. The summed E-state index contributed by atoms with van der Waals surface area (Å²) in [6.07, 6.45) is 1.65. The SMILES string of the molecule is COC(=O)[C@@H]1CC[C@H]1C(=O)C(C)C. The maximum atomic E-state index is 11.5. The first kappa shape index (κ1) is 10.2. The topological polar surface area (TPSA) is 43.4 Å². The smallest absolute Gasteiger partial charge is 0.309 e. The third kappa shape index (κ3) is 1.90. The van der Waals surface area contributed by atoms with E-state index in [0.29, 0.717) is 0 Å². The van der Waals surface area contributed by atoms with Crippen LogP contribution in [0.4, 0.5) is 0 Å². The lowest BCUT2D eigenvalue weighted by Crippen LogP contribution is -2.40. The van der Waals surface area contributed by atoms with Crippen molar-refractivity contribution in [3.63, 3.8) is 0 Å². The maximum absolute atomic E-state index is 11.5. The van der Waals surface area contributed by atoms with Gasteiger partial charge in [0.05, 0.1) is 13.0 Å². The van der Waals surface area contributed by atoms with Crippen LogP contribution in [0.3, 0.4) is 0 Å². The molecular weight excluding hydrogens is 168 g/mol. The van der Waals surface area contributed by atoms with Gasteiger partial charge in [-0.25, -0.2) is 0 Å². The zero-order chi connectivity index (χ0) is 10.0. The normalized spacial score (nSPS) is 26.8. The number of methoxy groups -OCH3 is 1. The summed E-state index contributed by atoms with van der Waals surface area (Å²) < 4.78 is 4.62. The monoisotopic (exact) mass is 184 g/mol. The van der Waals surface area contributed by atoms with Gasteiger partial charge in [-0.1, -0.05) is 13.8 Å². The molecule has 0 N–H and O–H groups in total. The van der Waals surface area contributed by atoms with Crippen molar-refractivity contribution in [3.8, 4) is 0 Å². The number of hydrogen-bond acceptors (Lipinski definition) is 3. The second kappa shape index (κ2) is 3.90. The number of Topliss-reactive ketones (excluding diaryl/α,β-unsaturated/α-hetero) is 1. The molecule has 2 atom stereocenters. The molecule has 0 saturated heterocycles. The van der Waals surface area contributed by atoms with Crippen molar-refractivity contribution in [1.82, 2.24) is 0 Å². The molecule has 0 bridgehead atoms. The van der Waals surface area contributed by atoms with Crippen molar-refractivity contribution in [2.24, 2.45) is 17.8 Å². The van der Waals surface area contributed by atoms with Gasteiger partial charge < -0.3 is 4.74 Å². The van der Waals surface area contributed by atoms with Gasteiger partial charge in [-0.05, 0) is 12.8 Å². The van der Waals surface area contributed by atoms with Crippen molar-refractivity contribution >= 4 is 11.8 Å². The second-order valence-electron chi connectivity index (χ2n) is 3.87. The van der Waals surface area contributed by atoms with Gasteiger partial charge in [-0.3, -0.25) is 9.59 Å². The quantitative estimate of drug-likeness (QED) is 0.623. The Kier molecular flexibility index (Phi) is 3.07. The zero-order valence-corrected chi connectivity index (χ0v) is 8.37. The van der Waals surface area contributed by atoms with Crippen LogP contribution in [0.25, 0.3) is 0 Å². The zero-order valence-electron chi connectivity index (χ0n) is 8.37. The fraction of sp³-hybridized carbons (Fsp3) is 0.800. The highest BCUT2D eigenvalue weighted by molar-refractivity contribution is 5.89. The number of carbonyl (C=O) groups excluding carboxylic acids is 2. The van der Waals surface area contributed by atoms with Crippen LogP contribution in [0.5, 0.6) is 0 Å². The van der Waals surface area contributed by atoms with Crippen LogP contribution in [0.2, 0.25) is 0 Å². The van der Waals surface area contributed by atoms with Crippen molar-refractivity contribution in [1.29, 1.82) is 0 Å². The van der Waals surface area contributed by atoms with Crippen LogP contribution >= 0.6 is 0 Å². The number of rotatable bonds is 3. The minimum absolute atomic E-state index is 0.0254. The van der Waals surface area contributed by atoms with Crippen molar-refractivity contribution in [3.05, 3.63) is 0 Å². The predicted molar refractivity (Wildman–Crippen MR) is 48.1 cm³/mol. The van der Waals surface area contributed by atoms with Gasteiger partial charge in [-0.15, -0.1) is 0 Å². The van der Waals surface area contributed by atoms with Gasteiger partial charge in [0.15, 0.2) is 0 Å². The van der Waals surface area contributed by atoms with E-state index >= 15 is 0 Å². The summed E-state index contributed by atoms with van der Waals surface area (Å²) in [5.74, 6) is -0.253. The molecule has 1 rings (SSSR count). The number of hydrogen-bond donors (Lipinski definition) is 0. The highest BCUT2D eigenvalue weighted by Crippen LogP contribution is 2.37. The third-order valence-electron chi connectivity index (χ3n) is 2.71. The molecule has 0 unspecified atom stereocenters. The molecule has 1 aliphatic rings. The van der Waals surface area contributed by atoms with Gasteiger partial charge >= 0.3 is 5.97 Å². The number of ether oxygens (including phenoxy) is 1. The van der Waals surface area contributed by atoms with Crippen molar-refractivity contribution in [2.45, 2.75) is 26.7 Å². The van der Waals surface area contributed by atoms with E-state index in [0.717, 1.165) is 12.8 Å². The van der Waals surface area contributed by atoms with Gasteiger partial charge in [0.25, 0.3) is 0 Å². The van der Waals surface area contributed by atoms with Crippen LogP contribution in [-0.4, -0.2) is 18.9 Å². The van der Waals surface area contributed by atoms with Crippen LogP contribution in [0, 0.1) is 17.8 Å². The Labute approximate surface area is 78.5 Å². The van der Waals surface area contributed by atoms with Crippen molar-refractivity contribution in [2.75, 3.05) is 7.11 Å². The highest BCUT2D eigenvalue weighted by atomic mass is 16.5. The average Bonchev–Trinajstić information content (AvgIpc) is 2.01. The summed E-state index contributed by atoms with van der Waals surface area (Å²) >= 11 is 0. The minimum Gasteiger partial charge on any atom is -0.469 e. The maximum Gasteiger partial charge on any atom is 0.309 e. The summed E-state index contributed by atoms with van der Waals surface area (Å²) in [4.78, 5) is 22.7. The molecule has 1 saturated carbocycles. The van der Waals surface area contributed by atoms with Crippen LogP contribution in [0.1, 0.15) is 26.7 Å². The first-order chi connectivity index (χ1) is 6.07. The fourth-order valence-corrected chi connectivity index (χ4v) is 1.70. The molecule has 0 radical (unpaired) electrons. The molecule has 0 aromatic carbocycles. The van der Waals surface area contributed by atoms with E-state index in [4.69, 9.17) is 0 Å². The Morgan fingerprint density at radius 2 is 1.77 bits per heavy atom. The largest absolute Gasteiger partial charge is 0.469 e. The molecule has 74 valence electrons. The second-order valence-corrected chi connectivity index (χ2v) is 3.87. The van der Waals surface area contributed by atoms with E-state index in [1.54, 1.807) is 0 Å². The number of carbonyl (C=O) groups is 2. The molecule has 0 amide bonds. The molecule has 3 heteroatoms. The lowest BCUT2D eigenvalue weighted by atomic mass is 9.69. The molecule has 0 spiro atoms. The summed E-state index contributed by atoms with van der Waals surface area (Å²) in [6, 6.07) is 0. The molecule has 0 aromatic rings. The molecule has 1 aliphatic carbocycles. The first-order valence-corrected chi connectivity index (χ1v) is 4.69. The Morgan fingerprint density at radius 1 is 1.23 bits per heavy atom. The molecule has 0 aliphatic heterocycles. The summed E-state index contributed by atoms with van der Waals surface area (Å²) in [5.41, 5.74) is 0. The molecule has 1 fully saturated rings. The van der Waals surface area contributed by atoms with E-state index in [-0.39, 0.29) is 29.5 Å². The summed E-state index contributed by atoms with van der Waals surface area (Å²) in [7, 11) is 1.37. The lowest BCUT2D eigenvalue weighted by molar-refractivity contribution is -0.156. The Bertz CT molecular complexity index is 220. The third-order valence-corrected chi connectivity index (χ3v) is 2.71. The van der Waals surface area contributed by atoms with E-state index < -0.39 is 0 Å². The number of esters is 1. The van der Waals surface area contributed by atoms with Crippen molar-refractivity contribution < 1.29 is 14.3 Å². The molecular formula is C10H16O3. The number of ketones is 1. The summed E-state index contributed by atoms with van der Waals surface area (Å²) in [6.45, 7) is 3.74. The van der Waals surface area contributed by atoms with Gasteiger partial charge in [-0.2, -0.15) is 0 Å². The van der Waals surface area contributed by atoms with E-state index in [2.05, 4.69) is 4.74 Å². The molecule has 0 aromatic heterocycles.